The molecule has 2 rings (SSSR count). The smallest absolute Gasteiger partial charge is 0.293 e. The van der Waals surface area contributed by atoms with Crippen LogP contribution < -0.4 is 0 Å². The number of amides is 1. The van der Waals surface area contributed by atoms with Gasteiger partial charge in [-0.2, -0.15) is 0 Å². The number of nitrogens with zero attached hydrogens (tertiary/aromatic N) is 4. The molecule has 0 saturated heterocycles. The van der Waals surface area contributed by atoms with Gasteiger partial charge in [-0.1, -0.05) is 6.92 Å². The molecule has 7 heteroatoms. The SMILES string of the molecule is CCc1nccn1-c1cc(C(=O)N(C)C)ccc1[N+](=O)[O-]. The molecule has 7 nitrogen and oxygen atoms in total. The summed E-state index contributed by atoms with van der Waals surface area (Å²) >= 11 is 0. The highest BCUT2D eigenvalue weighted by Gasteiger charge is 2.20. The monoisotopic (exact) mass is 288 g/mol. The minimum absolute atomic E-state index is 0.0574. The summed E-state index contributed by atoms with van der Waals surface area (Å²) in [5.74, 6) is 0.497. The summed E-state index contributed by atoms with van der Waals surface area (Å²) in [6.07, 6.45) is 3.88. The maximum absolute atomic E-state index is 12.0. The normalized spacial score (nSPS) is 10.4. The van der Waals surface area contributed by atoms with Gasteiger partial charge in [-0.25, -0.2) is 4.98 Å². The Labute approximate surface area is 122 Å². The molecule has 0 bridgehead atoms. The molecule has 0 radical (unpaired) electrons. The molecule has 0 aliphatic rings. The molecule has 0 spiro atoms. The molecule has 0 N–H and O–H groups in total. The van der Waals surface area contributed by atoms with Crippen molar-refractivity contribution in [1.29, 1.82) is 0 Å². The van der Waals surface area contributed by atoms with Crippen LogP contribution in [0.1, 0.15) is 23.1 Å². The second-order valence-corrected chi connectivity index (χ2v) is 4.73. The first-order chi connectivity index (χ1) is 9.95. The molecule has 0 aliphatic carbocycles. The molecule has 1 aromatic heterocycles. The summed E-state index contributed by atoms with van der Waals surface area (Å²) in [6.45, 7) is 1.92. The van der Waals surface area contributed by atoms with Crippen LogP contribution in [0, 0.1) is 10.1 Å². The highest BCUT2D eigenvalue weighted by atomic mass is 16.6. The van der Waals surface area contributed by atoms with Crippen LogP contribution in [0.2, 0.25) is 0 Å². The Morgan fingerprint density at radius 3 is 2.71 bits per heavy atom. The Morgan fingerprint density at radius 1 is 1.43 bits per heavy atom. The van der Waals surface area contributed by atoms with Gasteiger partial charge in [-0.3, -0.25) is 19.5 Å². The summed E-state index contributed by atoms with van der Waals surface area (Å²) < 4.78 is 1.64. The maximum atomic E-state index is 12.0. The van der Waals surface area contributed by atoms with E-state index in [0.717, 1.165) is 0 Å². The van der Waals surface area contributed by atoms with Crippen LogP contribution >= 0.6 is 0 Å². The van der Waals surface area contributed by atoms with E-state index in [1.807, 2.05) is 6.92 Å². The van der Waals surface area contributed by atoms with Crippen LogP contribution in [-0.2, 0) is 6.42 Å². The Hall–Kier alpha value is -2.70. The molecule has 0 aliphatic heterocycles. The van der Waals surface area contributed by atoms with E-state index >= 15 is 0 Å². The number of nitro groups is 1. The van der Waals surface area contributed by atoms with Crippen LogP contribution in [0.15, 0.2) is 30.6 Å². The van der Waals surface area contributed by atoms with Crippen molar-refractivity contribution in [2.24, 2.45) is 0 Å². The minimum Gasteiger partial charge on any atom is -0.345 e. The van der Waals surface area contributed by atoms with Crippen LogP contribution in [0.5, 0.6) is 0 Å². The van der Waals surface area contributed by atoms with E-state index in [-0.39, 0.29) is 11.6 Å². The maximum Gasteiger partial charge on any atom is 0.293 e. The zero-order valence-corrected chi connectivity index (χ0v) is 12.1. The van der Waals surface area contributed by atoms with Crippen molar-refractivity contribution < 1.29 is 9.72 Å². The van der Waals surface area contributed by atoms with Gasteiger partial charge in [0.25, 0.3) is 11.6 Å². The molecule has 0 fully saturated rings. The van der Waals surface area contributed by atoms with E-state index in [9.17, 15) is 14.9 Å². The van der Waals surface area contributed by atoms with Crippen molar-refractivity contribution in [2.45, 2.75) is 13.3 Å². The first-order valence-electron chi connectivity index (χ1n) is 6.48. The molecule has 0 saturated carbocycles. The van der Waals surface area contributed by atoms with Crippen LogP contribution in [0.3, 0.4) is 0 Å². The fourth-order valence-electron chi connectivity index (χ4n) is 2.08. The van der Waals surface area contributed by atoms with E-state index < -0.39 is 4.92 Å². The van der Waals surface area contributed by atoms with Gasteiger partial charge in [0.1, 0.15) is 11.5 Å². The van der Waals surface area contributed by atoms with E-state index in [1.165, 1.54) is 23.1 Å². The van der Waals surface area contributed by atoms with Gasteiger partial charge in [0.05, 0.1) is 4.92 Å². The Kier molecular flexibility index (Phi) is 4.02. The molecular formula is C14H16N4O3. The van der Waals surface area contributed by atoms with Crippen LogP contribution in [-0.4, -0.2) is 39.4 Å². The lowest BCUT2D eigenvalue weighted by atomic mass is 10.1. The van der Waals surface area contributed by atoms with Gasteiger partial charge in [-0.15, -0.1) is 0 Å². The van der Waals surface area contributed by atoms with Gasteiger partial charge < -0.3 is 4.90 Å². The van der Waals surface area contributed by atoms with Gasteiger partial charge in [0.2, 0.25) is 0 Å². The zero-order valence-electron chi connectivity index (χ0n) is 12.1. The third-order valence-corrected chi connectivity index (χ3v) is 3.12. The number of benzene rings is 1. The lowest BCUT2D eigenvalue weighted by Crippen LogP contribution is -2.22. The molecule has 21 heavy (non-hydrogen) atoms. The van der Waals surface area contributed by atoms with Gasteiger partial charge in [0.15, 0.2) is 0 Å². The minimum atomic E-state index is -0.460. The number of rotatable bonds is 4. The van der Waals surface area contributed by atoms with Gasteiger partial charge in [-0.05, 0) is 12.1 Å². The summed E-state index contributed by atoms with van der Waals surface area (Å²) in [7, 11) is 3.27. The van der Waals surface area contributed by atoms with Crippen molar-refractivity contribution >= 4 is 11.6 Å². The quantitative estimate of drug-likeness (QED) is 0.637. The molecule has 0 atom stereocenters. The summed E-state index contributed by atoms with van der Waals surface area (Å²) in [6, 6.07) is 4.35. The molecular weight excluding hydrogens is 272 g/mol. The summed E-state index contributed by atoms with van der Waals surface area (Å²) in [5.41, 5.74) is 0.691. The predicted molar refractivity (Wildman–Crippen MR) is 77.6 cm³/mol. The topological polar surface area (TPSA) is 81.3 Å². The molecule has 2 aromatic rings. The van der Waals surface area contributed by atoms with Crippen molar-refractivity contribution in [1.82, 2.24) is 14.5 Å². The molecule has 110 valence electrons. The first-order valence-corrected chi connectivity index (χ1v) is 6.48. The Balaban J connectivity index is 2.63. The fraction of sp³-hybridized carbons (Fsp3) is 0.286. The van der Waals surface area contributed by atoms with Crippen molar-refractivity contribution in [3.05, 3.63) is 52.1 Å². The Bertz CT molecular complexity index is 691. The summed E-state index contributed by atoms with van der Waals surface area (Å²) in [4.78, 5) is 28.4. The van der Waals surface area contributed by atoms with Crippen molar-refractivity contribution in [2.75, 3.05) is 14.1 Å². The standard InChI is InChI=1S/C14H16N4O3/c1-4-13-15-7-8-17(13)12-9-10(14(19)16(2)3)5-6-11(12)18(20)21/h5-9H,4H2,1-3H3. The highest BCUT2D eigenvalue weighted by molar-refractivity contribution is 5.95. The molecule has 1 heterocycles. The zero-order chi connectivity index (χ0) is 15.6. The van der Waals surface area contributed by atoms with Crippen LogP contribution in [0.25, 0.3) is 5.69 Å². The van der Waals surface area contributed by atoms with Crippen LogP contribution in [0.4, 0.5) is 5.69 Å². The molecule has 1 aromatic carbocycles. The summed E-state index contributed by atoms with van der Waals surface area (Å²) in [5, 5.41) is 11.2. The van der Waals surface area contributed by atoms with E-state index in [0.29, 0.717) is 23.5 Å². The number of carbonyl (C=O) groups excluding carboxylic acids is 1. The fourth-order valence-corrected chi connectivity index (χ4v) is 2.08. The third-order valence-electron chi connectivity index (χ3n) is 3.12. The van der Waals surface area contributed by atoms with Crippen molar-refractivity contribution in [3.63, 3.8) is 0 Å². The predicted octanol–water partition coefficient (Wildman–Crippen LogP) is 2.04. The Morgan fingerprint density at radius 2 is 2.14 bits per heavy atom. The first kappa shape index (κ1) is 14.7. The number of nitro benzene ring substituents is 1. The third kappa shape index (κ3) is 2.76. The number of carbonyl (C=O) groups is 1. The highest BCUT2D eigenvalue weighted by Crippen LogP contribution is 2.25. The second kappa shape index (κ2) is 5.74. The molecule has 1 amide bonds. The lowest BCUT2D eigenvalue weighted by molar-refractivity contribution is -0.384. The van der Waals surface area contributed by atoms with Gasteiger partial charge in [0, 0.05) is 44.5 Å². The van der Waals surface area contributed by atoms with Crippen molar-refractivity contribution in [3.8, 4) is 5.69 Å². The largest absolute Gasteiger partial charge is 0.345 e. The average molecular weight is 288 g/mol. The lowest BCUT2D eigenvalue weighted by Gasteiger charge is -2.12. The number of aryl methyl sites for hydroxylation is 1. The number of imidazole rings is 1. The molecule has 0 unspecified atom stereocenters. The van der Waals surface area contributed by atoms with E-state index in [2.05, 4.69) is 4.98 Å². The van der Waals surface area contributed by atoms with E-state index in [4.69, 9.17) is 0 Å². The number of hydrogen-bond acceptors (Lipinski definition) is 4. The number of hydrogen-bond donors (Lipinski definition) is 0. The van der Waals surface area contributed by atoms with E-state index in [1.54, 1.807) is 31.1 Å². The number of aromatic nitrogens is 2. The second-order valence-electron chi connectivity index (χ2n) is 4.73. The van der Waals surface area contributed by atoms with Gasteiger partial charge >= 0.3 is 0 Å². The average Bonchev–Trinajstić information content (AvgIpc) is 2.93.